The molecule has 26 heavy (non-hydrogen) atoms. The van der Waals surface area contributed by atoms with Crippen molar-refractivity contribution in [2.75, 3.05) is 31.7 Å². The normalized spacial score (nSPS) is 10.7. The average Bonchev–Trinajstić information content (AvgIpc) is 2.63. The molecule has 0 radical (unpaired) electrons. The number of hydrogen-bond acceptors (Lipinski definition) is 5. The van der Waals surface area contributed by atoms with E-state index in [1.54, 1.807) is 19.1 Å². The van der Waals surface area contributed by atoms with E-state index in [9.17, 15) is 10.1 Å². The fraction of sp³-hybridized carbons (Fsp3) is 0.368. The van der Waals surface area contributed by atoms with Gasteiger partial charge in [0.1, 0.15) is 5.69 Å². The van der Waals surface area contributed by atoms with Crippen LogP contribution in [0.15, 0.2) is 46.9 Å². The van der Waals surface area contributed by atoms with Crippen LogP contribution in [0.25, 0.3) is 0 Å². The Morgan fingerprint density at radius 2 is 1.81 bits per heavy atom. The first-order chi connectivity index (χ1) is 12.6. The fourth-order valence-corrected chi connectivity index (χ4v) is 2.76. The van der Waals surface area contributed by atoms with Crippen molar-refractivity contribution in [3.8, 4) is 0 Å². The van der Waals surface area contributed by atoms with Crippen molar-refractivity contribution >= 4 is 27.3 Å². The Morgan fingerprint density at radius 3 is 2.54 bits per heavy atom. The van der Waals surface area contributed by atoms with Gasteiger partial charge >= 0.3 is 0 Å². The van der Waals surface area contributed by atoms with Crippen molar-refractivity contribution in [2.45, 2.75) is 20.0 Å². The molecule has 0 amide bonds. The maximum Gasteiger partial charge on any atom is 0.296 e. The van der Waals surface area contributed by atoms with Crippen LogP contribution >= 0.6 is 15.9 Å². The van der Waals surface area contributed by atoms with Crippen molar-refractivity contribution in [2.24, 2.45) is 0 Å². The lowest BCUT2D eigenvalue weighted by Gasteiger charge is -2.10. The van der Waals surface area contributed by atoms with Crippen molar-refractivity contribution in [1.82, 2.24) is 0 Å². The highest BCUT2D eigenvalue weighted by molar-refractivity contribution is 9.10. The summed E-state index contributed by atoms with van der Waals surface area (Å²) in [5.74, 6) is 0. The molecule has 0 saturated heterocycles. The van der Waals surface area contributed by atoms with Gasteiger partial charge in [0, 0.05) is 29.8 Å². The van der Waals surface area contributed by atoms with Gasteiger partial charge in [0.25, 0.3) is 5.69 Å². The number of ether oxygens (including phenoxy) is 2. The molecule has 2 aromatic rings. The van der Waals surface area contributed by atoms with Gasteiger partial charge in [-0.25, -0.2) is 0 Å². The first-order valence-electron chi connectivity index (χ1n) is 8.46. The standard InChI is InChI=1S/C19H23BrN2O4/c1-15-17(20)8-9-18(19(15)22(23)24)21-10-13-25-11-5-12-26-14-16-6-3-2-4-7-16/h2-4,6-9,21H,5,10-14H2,1H3. The quantitative estimate of drug-likeness (QED) is 0.322. The molecule has 0 aliphatic heterocycles. The van der Waals surface area contributed by atoms with Crippen molar-refractivity contribution < 1.29 is 14.4 Å². The summed E-state index contributed by atoms with van der Waals surface area (Å²) in [4.78, 5) is 10.9. The Hall–Kier alpha value is -1.96. The average molecular weight is 423 g/mol. The highest BCUT2D eigenvalue weighted by Gasteiger charge is 2.18. The van der Waals surface area contributed by atoms with Crippen LogP contribution in [-0.4, -0.2) is 31.3 Å². The zero-order valence-corrected chi connectivity index (χ0v) is 16.3. The first kappa shape index (κ1) is 20.4. The minimum absolute atomic E-state index is 0.0914. The van der Waals surface area contributed by atoms with Crippen LogP contribution in [0, 0.1) is 17.0 Å². The van der Waals surface area contributed by atoms with Gasteiger partial charge in [0.2, 0.25) is 0 Å². The smallest absolute Gasteiger partial charge is 0.296 e. The van der Waals surface area contributed by atoms with Crippen molar-refractivity contribution in [3.63, 3.8) is 0 Å². The topological polar surface area (TPSA) is 73.6 Å². The van der Waals surface area contributed by atoms with Crippen LogP contribution < -0.4 is 5.32 Å². The summed E-state index contributed by atoms with van der Waals surface area (Å²) >= 11 is 3.32. The van der Waals surface area contributed by atoms with E-state index in [4.69, 9.17) is 9.47 Å². The predicted molar refractivity (Wildman–Crippen MR) is 106 cm³/mol. The summed E-state index contributed by atoms with van der Waals surface area (Å²) in [5, 5.41) is 14.3. The van der Waals surface area contributed by atoms with Gasteiger partial charge in [0.15, 0.2) is 0 Å². The molecule has 7 heteroatoms. The number of nitro groups is 1. The predicted octanol–water partition coefficient (Wildman–Crippen LogP) is 4.70. The molecule has 0 bridgehead atoms. The Labute approximate surface area is 161 Å². The van der Waals surface area contributed by atoms with E-state index >= 15 is 0 Å². The number of nitrogens with one attached hydrogen (secondary N) is 1. The number of nitrogens with zero attached hydrogens (tertiary/aromatic N) is 1. The van der Waals surface area contributed by atoms with E-state index in [-0.39, 0.29) is 10.6 Å². The molecule has 0 aliphatic rings. The van der Waals surface area contributed by atoms with Crippen LogP contribution in [-0.2, 0) is 16.1 Å². The summed E-state index contributed by atoms with van der Waals surface area (Å²) in [6.45, 7) is 4.55. The van der Waals surface area contributed by atoms with Gasteiger partial charge in [0.05, 0.1) is 18.1 Å². The molecule has 6 nitrogen and oxygen atoms in total. The molecule has 0 spiro atoms. The zero-order chi connectivity index (χ0) is 18.8. The second-order valence-corrected chi connectivity index (χ2v) is 6.61. The number of halogens is 1. The Kier molecular flexibility index (Phi) is 8.53. The molecule has 0 heterocycles. The van der Waals surface area contributed by atoms with Crippen molar-refractivity contribution in [3.05, 3.63) is 68.2 Å². The zero-order valence-electron chi connectivity index (χ0n) is 14.7. The largest absolute Gasteiger partial charge is 0.380 e. The van der Waals surface area contributed by atoms with Gasteiger partial charge in [-0.1, -0.05) is 46.3 Å². The minimum atomic E-state index is -0.368. The van der Waals surface area contributed by atoms with Crippen LogP contribution in [0.3, 0.4) is 0 Å². The summed E-state index contributed by atoms with van der Waals surface area (Å²) in [6.07, 6.45) is 0.810. The molecule has 1 N–H and O–H groups in total. The molecule has 140 valence electrons. The van der Waals surface area contributed by atoms with Crippen LogP contribution in [0.2, 0.25) is 0 Å². The molecule has 0 atom stereocenters. The molecular formula is C19H23BrN2O4. The molecule has 0 aromatic heterocycles. The van der Waals surface area contributed by atoms with Gasteiger partial charge < -0.3 is 14.8 Å². The van der Waals surface area contributed by atoms with Crippen LogP contribution in [0.5, 0.6) is 0 Å². The molecule has 0 aliphatic carbocycles. The van der Waals surface area contributed by atoms with Gasteiger partial charge in [-0.15, -0.1) is 0 Å². The Balaban J connectivity index is 1.60. The molecule has 2 rings (SSSR count). The number of rotatable bonds is 11. The van der Waals surface area contributed by atoms with E-state index in [1.807, 2.05) is 30.3 Å². The van der Waals surface area contributed by atoms with E-state index in [2.05, 4.69) is 21.2 Å². The second kappa shape index (κ2) is 10.9. The van der Waals surface area contributed by atoms with Crippen molar-refractivity contribution in [1.29, 1.82) is 0 Å². The van der Waals surface area contributed by atoms with E-state index in [0.29, 0.717) is 44.2 Å². The summed E-state index contributed by atoms with van der Waals surface area (Å²) in [7, 11) is 0. The third-order valence-corrected chi connectivity index (χ3v) is 4.66. The molecule has 0 unspecified atom stereocenters. The molecule has 0 fully saturated rings. The number of benzene rings is 2. The highest BCUT2D eigenvalue weighted by atomic mass is 79.9. The third kappa shape index (κ3) is 6.40. The summed E-state index contributed by atoms with van der Waals surface area (Å²) < 4.78 is 11.9. The summed E-state index contributed by atoms with van der Waals surface area (Å²) in [6, 6.07) is 13.5. The lowest BCUT2D eigenvalue weighted by Crippen LogP contribution is -2.12. The number of nitro benzene ring substituents is 1. The Bertz CT molecular complexity index is 710. The fourth-order valence-electron chi connectivity index (χ4n) is 2.44. The van der Waals surface area contributed by atoms with Gasteiger partial charge in [-0.05, 0) is 31.0 Å². The Morgan fingerprint density at radius 1 is 1.08 bits per heavy atom. The lowest BCUT2D eigenvalue weighted by atomic mass is 10.1. The summed E-state index contributed by atoms with van der Waals surface area (Å²) in [5.41, 5.74) is 2.36. The molecular weight excluding hydrogens is 400 g/mol. The maximum atomic E-state index is 11.2. The molecule has 0 saturated carbocycles. The van der Waals surface area contributed by atoms with Crippen LogP contribution in [0.4, 0.5) is 11.4 Å². The SMILES string of the molecule is Cc1c(Br)ccc(NCCOCCCOCc2ccccc2)c1[N+](=O)[O-]. The molecule has 2 aromatic carbocycles. The van der Waals surface area contributed by atoms with E-state index in [1.165, 1.54) is 0 Å². The lowest BCUT2D eigenvalue weighted by molar-refractivity contribution is -0.384. The van der Waals surface area contributed by atoms with E-state index in [0.717, 1.165) is 16.5 Å². The van der Waals surface area contributed by atoms with Crippen LogP contribution in [0.1, 0.15) is 17.5 Å². The monoisotopic (exact) mass is 422 g/mol. The van der Waals surface area contributed by atoms with Gasteiger partial charge in [-0.3, -0.25) is 10.1 Å². The third-order valence-electron chi connectivity index (χ3n) is 3.80. The second-order valence-electron chi connectivity index (χ2n) is 5.76. The maximum absolute atomic E-state index is 11.2. The number of anilines is 1. The van der Waals surface area contributed by atoms with Gasteiger partial charge in [-0.2, -0.15) is 0 Å². The minimum Gasteiger partial charge on any atom is -0.380 e. The number of hydrogen-bond donors (Lipinski definition) is 1. The first-order valence-corrected chi connectivity index (χ1v) is 9.25. The highest BCUT2D eigenvalue weighted by Crippen LogP contribution is 2.33. The van der Waals surface area contributed by atoms with E-state index < -0.39 is 0 Å².